The van der Waals surface area contributed by atoms with E-state index in [0.717, 1.165) is 17.2 Å². The van der Waals surface area contributed by atoms with E-state index >= 15 is 0 Å². The molecule has 2 aromatic rings. The van der Waals surface area contributed by atoms with Gasteiger partial charge in [-0.15, -0.1) is 5.10 Å². The number of amides is 1. The molecule has 2 rings (SSSR count). The van der Waals surface area contributed by atoms with E-state index in [1.54, 1.807) is 0 Å². The minimum atomic E-state index is -4.97. The summed E-state index contributed by atoms with van der Waals surface area (Å²) in [5, 5.41) is 3.74. The summed E-state index contributed by atoms with van der Waals surface area (Å²) in [4.78, 5) is 14.6. The van der Waals surface area contributed by atoms with Gasteiger partial charge in [0.25, 0.3) is 0 Å². The first-order chi connectivity index (χ1) is 11.4. The predicted octanol–water partition coefficient (Wildman–Crippen LogP) is 3.33. The number of primary amides is 1. The molecule has 0 radical (unpaired) electrons. The van der Waals surface area contributed by atoms with Gasteiger partial charge in [0.15, 0.2) is 5.82 Å². The first-order valence-electron chi connectivity index (χ1n) is 6.57. The Labute approximate surface area is 136 Å². The summed E-state index contributed by atoms with van der Waals surface area (Å²) in [6.45, 7) is 1.36. The highest BCUT2D eigenvalue weighted by Crippen LogP contribution is 2.37. The lowest BCUT2D eigenvalue weighted by molar-refractivity contribution is -0.143. The van der Waals surface area contributed by atoms with Crippen LogP contribution in [0.15, 0.2) is 30.1 Å². The number of benzene rings is 1. The molecule has 0 unspecified atom stereocenters. The van der Waals surface area contributed by atoms with Gasteiger partial charge < -0.3 is 5.73 Å². The number of hydrogen-bond acceptors (Lipinski definition) is 3. The second kappa shape index (κ2) is 6.22. The number of hydrogen-bond donors (Lipinski definition) is 1. The molecule has 0 bridgehead atoms. The maximum Gasteiger partial charge on any atom is 0.416 e. The van der Waals surface area contributed by atoms with Gasteiger partial charge in [-0.3, -0.25) is 4.79 Å². The first kappa shape index (κ1) is 18.5. The number of carbonyl (C=O) groups excluding carboxylic acids is 1. The Morgan fingerprint density at radius 2 is 1.60 bits per heavy atom. The number of carbonyl (C=O) groups is 1. The van der Waals surface area contributed by atoms with Gasteiger partial charge in [-0.05, 0) is 25.1 Å². The van der Waals surface area contributed by atoms with Crippen molar-refractivity contribution in [2.45, 2.75) is 19.3 Å². The fourth-order valence-electron chi connectivity index (χ4n) is 1.82. The van der Waals surface area contributed by atoms with Crippen molar-refractivity contribution in [3.8, 4) is 11.4 Å². The van der Waals surface area contributed by atoms with Crippen LogP contribution in [0, 0.1) is 0 Å². The maximum absolute atomic E-state index is 12.8. The molecule has 0 aliphatic heterocycles. The molecule has 5 nitrogen and oxygen atoms in total. The van der Waals surface area contributed by atoms with E-state index in [0.29, 0.717) is 12.1 Å². The molecule has 0 spiro atoms. The molecule has 134 valence electrons. The van der Waals surface area contributed by atoms with E-state index in [-0.39, 0.29) is 17.5 Å². The summed E-state index contributed by atoms with van der Waals surface area (Å²) in [6, 6.07) is 1.04. The molecule has 1 heterocycles. The van der Waals surface area contributed by atoms with Crippen LogP contribution in [0.3, 0.4) is 0 Å². The van der Waals surface area contributed by atoms with E-state index in [2.05, 4.69) is 10.1 Å². The zero-order valence-corrected chi connectivity index (χ0v) is 12.5. The number of nitrogens with two attached hydrogens (primary N) is 1. The monoisotopic (exact) mass is 364 g/mol. The van der Waals surface area contributed by atoms with Crippen molar-refractivity contribution in [3.05, 3.63) is 41.2 Å². The third kappa shape index (κ3) is 4.37. The molecule has 0 saturated heterocycles. The number of alkyl halides is 6. The Balaban J connectivity index is 2.54. The quantitative estimate of drug-likeness (QED) is 0.671. The van der Waals surface area contributed by atoms with Crippen molar-refractivity contribution in [2.24, 2.45) is 5.73 Å². The van der Waals surface area contributed by atoms with Gasteiger partial charge in [-0.1, -0.05) is 0 Å². The summed E-state index contributed by atoms with van der Waals surface area (Å²) in [5.41, 5.74) is 1.67. The summed E-state index contributed by atoms with van der Waals surface area (Å²) in [7, 11) is 0. The van der Waals surface area contributed by atoms with Crippen molar-refractivity contribution in [3.63, 3.8) is 0 Å². The zero-order valence-electron chi connectivity index (χ0n) is 12.5. The van der Waals surface area contributed by atoms with Crippen LogP contribution in [0.1, 0.15) is 18.1 Å². The summed E-state index contributed by atoms with van der Waals surface area (Å²) < 4.78 is 78.0. The largest absolute Gasteiger partial charge is 0.416 e. The maximum atomic E-state index is 12.8. The highest BCUT2D eigenvalue weighted by molar-refractivity contribution is 5.94. The lowest BCUT2D eigenvalue weighted by atomic mass is 10.0. The van der Waals surface area contributed by atoms with Crippen LogP contribution < -0.4 is 5.73 Å². The lowest BCUT2D eigenvalue weighted by Crippen LogP contribution is -2.12. The molecule has 1 amide bonds. The van der Waals surface area contributed by atoms with Gasteiger partial charge >= 0.3 is 12.4 Å². The predicted molar refractivity (Wildman–Crippen MR) is 74.6 cm³/mol. The molecule has 0 fully saturated rings. The third-order valence-electron chi connectivity index (χ3n) is 3.07. The van der Waals surface area contributed by atoms with Crippen LogP contribution in [0.4, 0.5) is 26.3 Å². The highest BCUT2D eigenvalue weighted by atomic mass is 19.4. The van der Waals surface area contributed by atoms with Gasteiger partial charge in [-0.25, -0.2) is 9.67 Å². The Morgan fingerprint density at radius 3 is 2.04 bits per heavy atom. The second-order valence-electron chi connectivity index (χ2n) is 5.02. The van der Waals surface area contributed by atoms with Crippen molar-refractivity contribution in [1.82, 2.24) is 14.8 Å². The van der Waals surface area contributed by atoms with Crippen LogP contribution in [-0.4, -0.2) is 20.7 Å². The van der Waals surface area contributed by atoms with E-state index in [1.807, 2.05) is 0 Å². The van der Waals surface area contributed by atoms with E-state index in [4.69, 9.17) is 5.73 Å². The van der Waals surface area contributed by atoms with E-state index < -0.39 is 35.0 Å². The smallest absolute Gasteiger partial charge is 0.366 e. The van der Waals surface area contributed by atoms with Gasteiger partial charge in [0.1, 0.15) is 6.33 Å². The SMILES string of the molecule is C/C(=C/n1cnc(-c2cc(C(F)(F)F)cc(C(F)(F)F)c2)n1)C(N)=O. The van der Waals surface area contributed by atoms with E-state index in [9.17, 15) is 31.1 Å². The Bertz CT molecular complexity index is 802. The molecule has 2 N–H and O–H groups in total. The van der Waals surface area contributed by atoms with Crippen LogP contribution >= 0.6 is 0 Å². The molecule has 11 heteroatoms. The molecule has 1 aromatic carbocycles. The average molecular weight is 364 g/mol. The Kier molecular flexibility index (Phi) is 4.60. The van der Waals surface area contributed by atoms with Gasteiger partial charge in [0.05, 0.1) is 11.1 Å². The number of rotatable bonds is 3. The van der Waals surface area contributed by atoms with Crippen molar-refractivity contribution < 1.29 is 31.1 Å². The highest BCUT2D eigenvalue weighted by Gasteiger charge is 2.37. The van der Waals surface area contributed by atoms with Gasteiger partial charge in [0.2, 0.25) is 5.91 Å². The van der Waals surface area contributed by atoms with Crippen LogP contribution in [-0.2, 0) is 17.1 Å². The van der Waals surface area contributed by atoms with Crippen molar-refractivity contribution in [2.75, 3.05) is 0 Å². The molecule has 0 saturated carbocycles. The molecule has 0 aliphatic carbocycles. The van der Waals surface area contributed by atoms with Crippen molar-refractivity contribution >= 4 is 12.1 Å². The Hall–Kier alpha value is -2.85. The second-order valence-corrected chi connectivity index (χ2v) is 5.02. The number of halogens is 6. The summed E-state index contributed by atoms with van der Waals surface area (Å²) in [6.07, 6.45) is -7.78. The topological polar surface area (TPSA) is 73.8 Å². The fraction of sp³-hybridized carbons (Fsp3) is 0.214. The first-order valence-corrected chi connectivity index (χ1v) is 6.57. The van der Waals surface area contributed by atoms with Crippen LogP contribution in [0.5, 0.6) is 0 Å². The molecular weight excluding hydrogens is 354 g/mol. The number of aromatic nitrogens is 3. The summed E-state index contributed by atoms with van der Waals surface area (Å²) >= 11 is 0. The molecule has 0 aliphatic rings. The Morgan fingerprint density at radius 1 is 1.08 bits per heavy atom. The van der Waals surface area contributed by atoms with Gasteiger partial charge in [0, 0.05) is 17.3 Å². The van der Waals surface area contributed by atoms with Crippen LogP contribution in [0.25, 0.3) is 17.6 Å². The molecule has 1 aromatic heterocycles. The van der Waals surface area contributed by atoms with Gasteiger partial charge in [-0.2, -0.15) is 26.3 Å². The van der Waals surface area contributed by atoms with E-state index in [1.165, 1.54) is 6.92 Å². The minimum absolute atomic E-state index is 0.0115. The molecule has 25 heavy (non-hydrogen) atoms. The normalized spacial score (nSPS) is 13.2. The minimum Gasteiger partial charge on any atom is -0.366 e. The summed E-state index contributed by atoms with van der Waals surface area (Å²) in [5.74, 6) is -1.14. The molecule has 0 atom stereocenters. The average Bonchev–Trinajstić information content (AvgIpc) is 2.93. The number of nitrogens with zero attached hydrogens (tertiary/aromatic N) is 3. The third-order valence-corrected chi connectivity index (χ3v) is 3.07. The lowest BCUT2D eigenvalue weighted by Gasteiger charge is -2.13. The van der Waals surface area contributed by atoms with Crippen LogP contribution in [0.2, 0.25) is 0 Å². The molecular formula is C14H10F6N4O. The fourth-order valence-corrected chi connectivity index (χ4v) is 1.82. The van der Waals surface area contributed by atoms with Crippen molar-refractivity contribution in [1.29, 1.82) is 0 Å². The zero-order chi connectivity index (χ0) is 19.0. The standard InChI is InChI=1S/C14H10F6N4O/c1-7(11(21)25)5-24-6-22-12(23-24)8-2-9(13(15,16)17)4-10(3-8)14(18,19)20/h2-6H,1H3,(H2,21,25)/b7-5-.